The first kappa shape index (κ1) is 31.5. The van der Waals surface area contributed by atoms with Gasteiger partial charge in [-0.3, -0.25) is 18.4 Å². The average Bonchev–Trinajstić information content (AvgIpc) is 2.91. The fraction of sp³-hybridized carbons (Fsp3) is 0.333. The summed E-state index contributed by atoms with van der Waals surface area (Å²) in [6.45, 7) is 7.38. The van der Waals surface area contributed by atoms with Crippen LogP contribution in [0.25, 0.3) is 0 Å². The first-order valence-electron chi connectivity index (χ1n) is 13.3. The molecule has 0 radical (unpaired) electrons. The molecule has 2 unspecified atom stereocenters. The summed E-state index contributed by atoms with van der Waals surface area (Å²) in [5.74, 6) is -0.217. The van der Waals surface area contributed by atoms with Crippen LogP contribution in [-0.2, 0) is 35.9 Å². The van der Waals surface area contributed by atoms with Crippen LogP contribution in [0.4, 0.5) is 0 Å². The van der Waals surface area contributed by atoms with E-state index >= 15 is 0 Å². The minimum Gasteiger partial charge on any atom is -0.351 e. The van der Waals surface area contributed by atoms with Crippen molar-refractivity contribution in [3.05, 3.63) is 108 Å². The van der Waals surface area contributed by atoms with Crippen molar-refractivity contribution in [2.24, 2.45) is 0 Å². The molecule has 0 aliphatic heterocycles. The van der Waals surface area contributed by atoms with Crippen LogP contribution in [-0.4, -0.2) is 29.3 Å². The van der Waals surface area contributed by atoms with Gasteiger partial charge in [0, 0.05) is 18.5 Å². The summed E-state index contributed by atoms with van der Waals surface area (Å²) in [6, 6.07) is 27.8. The van der Waals surface area contributed by atoms with Crippen LogP contribution in [0, 0.1) is 0 Å². The van der Waals surface area contributed by atoms with Crippen molar-refractivity contribution < 1.29 is 22.9 Å². The molecule has 214 valence electrons. The molecule has 0 saturated carbocycles. The van der Waals surface area contributed by atoms with Crippen LogP contribution < -0.4 is 16.0 Å². The number of nitrogens with one attached hydrogen (secondary N) is 3. The van der Waals surface area contributed by atoms with Gasteiger partial charge in [0.15, 0.2) is 11.3 Å². The Hall–Kier alpha value is -3.07. The molecule has 3 N–H and O–H groups in total. The van der Waals surface area contributed by atoms with Gasteiger partial charge in [0.1, 0.15) is 6.04 Å². The van der Waals surface area contributed by atoms with Gasteiger partial charge in [-0.25, -0.2) is 4.57 Å². The van der Waals surface area contributed by atoms with E-state index < -0.39 is 32.3 Å². The molecule has 0 heterocycles. The van der Waals surface area contributed by atoms with Crippen LogP contribution in [0.15, 0.2) is 91.0 Å². The Kier molecular flexibility index (Phi) is 12.3. The molecule has 2 atom stereocenters. The second-order valence-electron chi connectivity index (χ2n) is 9.72. The van der Waals surface area contributed by atoms with Gasteiger partial charge in [0.2, 0.25) is 5.91 Å². The zero-order chi connectivity index (χ0) is 29.0. The number of thiocarbonyl (C=S) groups is 1. The Balaban J connectivity index is 1.79. The van der Waals surface area contributed by atoms with Crippen molar-refractivity contribution in [2.75, 3.05) is 0 Å². The maximum Gasteiger partial charge on any atom is 0.477 e. The van der Waals surface area contributed by atoms with Gasteiger partial charge in [0.25, 0.3) is 0 Å². The summed E-state index contributed by atoms with van der Waals surface area (Å²) in [5.41, 5.74) is 2.60. The Morgan fingerprint density at radius 1 is 0.750 bits per heavy atom. The van der Waals surface area contributed by atoms with Crippen LogP contribution >= 0.6 is 20.0 Å². The topological polar surface area (TPSA) is 97.9 Å². The summed E-state index contributed by atoms with van der Waals surface area (Å²) in [7, 11) is -3.99. The summed E-state index contributed by atoms with van der Waals surface area (Å²) in [5, 5.41) is 9.32. The number of carbonyl (C=O) groups excluding carboxylic acids is 1. The maximum atomic E-state index is 13.6. The fourth-order valence-corrected chi connectivity index (χ4v) is 5.67. The number of phosphoric ester groups is 1. The lowest BCUT2D eigenvalue weighted by Crippen LogP contribution is -2.51. The zero-order valence-corrected chi connectivity index (χ0v) is 25.0. The van der Waals surface area contributed by atoms with E-state index in [1.165, 1.54) is 0 Å². The predicted octanol–water partition coefficient (Wildman–Crippen LogP) is 6.05. The van der Waals surface area contributed by atoms with Crippen LogP contribution in [0.3, 0.4) is 0 Å². The van der Waals surface area contributed by atoms with Gasteiger partial charge < -0.3 is 16.0 Å². The average molecular weight is 584 g/mol. The lowest BCUT2D eigenvalue weighted by atomic mass is 10.1. The monoisotopic (exact) mass is 583 g/mol. The van der Waals surface area contributed by atoms with E-state index in [1.807, 2.05) is 91.0 Å². The molecule has 0 bridgehead atoms. The van der Waals surface area contributed by atoms with Crippen LogP contribution in [0.5, 0.6) is 0 Å². The van der Waals surface area contributed by atoms with E-state index in [4.69, 9.17) is 25.8 Å². The van der Waals surface area contributed by atoms with E-state index in [9.17, 15) is 9.36 Å². The third kappa shape index (κ3) is 10.8. The Morgan fingerprint density at radius 2 is 1.25 bits per heavy atom. The Bertz CT molecular complexity index is 1230. The largest absolute Gasteiger partial charge is 0.477 e. The Labute approximate surface area is 242 Å². The SMILES string of the molecule is CC(C)OP(=O)(OC(C)C)OC(NC(=S)NC(Cc1ccccc1)C(=O)NCc1ccccc1)c1ccccc1. The van der Waals surface area contributed by atoms with E-state index in [1.54, 1.807) is 27.7 Å². The van der Waals surface area contributed by atoms with Crippen LogP contribution in [0.1, 0.15) is 50.6 Å². The molecule has 10 heteroatoms. The van der Waals surface area contributed by atoms with Gasteiger partial charge in [-0.05, 0) is 51.0 Å². The molecule has 0 fully saturated rings. The molecule has 40 heavy (non-hydrogen) atoms. The minimum absolute atomic E-state index is 0.144. The predicted molar refractivity (Wildman–Crippen MR) is 161 cm³/mol. The van der Waals surface area contributed by atoms with Crippen molar-refractivity contribution in [2.45, 2.75) is 65.1 Å². The number of rotatable bonds is 14. The molecule has 3 aromatic carbocycles. The van der Waals surface area contributed by atoms with Crippen molar-refractivity contribution in [3.8, 4) is 0 Å². The van der Waals surface area contributed by atoms with Crippen molar-refractivity contribution >= 4 is 31.1 Å². The van der Waals surface area contributed by atoms with Crippen molar-refractivity contribution in [1.82, 2.24) is 16.0 Å². The lowest BCUT2D eigenvalue weighted by Gasteiger charge is -2.29. The number of carbonyl (C=O) groups is 1. The molecule has 8 nitrogen and oxygen atoms in total. The highest BCUT2D eigenvalue weighted by molar-refractivity contribution is 7.80. The van der Waals surface area contributed by atoms with E-state index in [0.29, 0.717) is 18.5 Å². The molecule has 3 rings (SSSR count). The fourth-order valence-electron chi connectivity index (χ4n) is 3.80. The third-order valence-corrected chi connectivity index (χ3v) is 7.56. The molecule has 0 aliphatic rings. The third-order valence-electron chi connectivity index (χ3n) is 5.49. The Morgan fingerprint density at radius 3 is 1.77 bits per heavy atom. The van der Waals surface area contributed by atoms with E-state index in [-0.39, 0.29) is 11.0 Å². The number of amides is 1. The van der Waals surface area contributed by atoms with Gasteiger partial charge in [-0.2, -0.15) is 0 Å². The lowest BCUT2D eigenvalue weighted by molar-refractivity contribution is -0.123. The molecule has 0 spiro atoms. The van der Waals surface area contributed by atoms with Crippen molar-refractivity contribution in [3.63, 3.8) is 0 Å². The number of hydrogen-bond donors (Lipinski definition) is 3. The maximum absolute atomic E-state index is 13.6. The minimum atomic E-state index is -3.99. The molecular formula is C30H38N3O5PS. The number of benzene rings is 3. The highest BCUT2D eigenvalue weighted by Crippen LogP contribution is 2.54. The second kappa shape index (κ2) is 15.6. The summed E-state index contributed by atoms with van der Waals surface area (Å²) >= 11 is 5.63. The number of phosphoric acid groups is 1. The van der Waals surface area contributed by atoms with Gasteiger partial charge in [0.05, 0.1) is 12.2 Å². The molecule has 0 aliphatic carbocycles. The second-order valence-corrected chi connectivity index (χ2v) is 11.7. The summed E-state index contributed by atoms with van der Waals surface area (Å²) in [4.78, 5) is 13.3. The quantitative estimate of drug-likeness (QED) is 0.120. The summed E-state index contributed by atoms with van der Waals surface area (Å²) in [6.07, 6.45) is -1.40. The first-order chi connectivity index (χ1) is 19.1. The molecule has 1 amide bonds. The highest BCUT2D eigenvalue weighted by Gasteiger charge is 2.34. The van der Waals surface area contributed by atoms with Crippen molar-refractivity contribution in [1.29, 1.82) is 0 Å². The highest BCUT2D eigenvalue weighted by atomic mass is 32.1. The zero-order valence-electron chi connectivity index (χ0n) is 23.3. The van der Waals surface area contributed by atoms with E-state index in [2.05, 4.69) is 16.0 Å². The normalized spacial score (nSPS) is 13.1. The molecule has 3 aromatic rings. The van der Waals surface area contributed by atoms with Gasteiger partial charge in [-0.1, -0.05) is 91.0 Å². The molecule has 0 saturated heterocycles. The van der Waals surface area contributed by atoms with E-state index in [0.717, 1.165) is 11.1 Å². The number of hydrogen-bond acceptors (Lipinski definition) is 6. The first-order valence-corrected chi connectivity index (χ1v) is 15.1. The standard InChI is InChI=1S/C30H38N3O5PS/c1-22(2)36-39(35,37-23(3)4)38-29(26-18-12-7-13-19-26)33-30(40)32-27(20-24-14-8-5-9-15-24)28(34)31-21-25-16-10-6-11-17-25/h5-19,22-23,27,29H,20-21H2,1-4H3,(H,31,34)(H2,32,33,40). The molecular weight excluding hydrogens is 545 g/mol. The van der Waals surface area contributed by atoms with Gasteiger partial charge >= 0.3 is 7.82 Å². The molecule has 0 aromatic heterocycles. The van der Waals surface area contributed by atoms with Crippen LogP contribution in [0.2, 0.25) is 0 Å². The smallest absolute Gasteiger partial charge is 0.351 e. The van der Waals surface area contributed by atoms with Gasteiger partial charge in [-0.15, -0.1) is 0 Å². The summed E-state index contributed by atoms with van der Waals surface area (Å²) < 4.78 is 30.7.